The number of nitrogens with two attached hydrogens (primary N) is 1. The Morgan fingerprint density at radius 2 is 2.06 bits per heavy atom. The summed E-state index contributed by atoms with van der Waals surface area (Å²) in [6, 6.07) is 12.7. The van der Waals surface area contributed by atoms with Crippen molar-refractivity contribution < 1.29 is 0 Å². The summed E-state index contributed by atoms with van der Waals surface area (Å²) in [6.07, 6.45) is 3.02. The van der Waals surface area contributed by atoms with Crippen molar-refractivity contribution in [1.82, 2.24) is 4.98 Å². The molecule has 3 nitrogen and oxygen atoms in total. The average Bonchev–Trinajstić information content (AvgIpc) is 2.82. The molecule has 1 aliphatic heterocycles. The predicted octanol–water partition coefficient (Wildman–Crippen LogP) is 2.80. The highest BCUT2D eigenvalue weighted by Gasteiger charge is 2.19. The van der Waals surface area contributed by atoms with Crippen LogP contribution < -0.4 is 10.6 Å². The van der Waals surface area contributed by atoms with E-state index in [1.54, 1.807) is 0 Å². The summed E-state index contributed by atoms with van der Waals surface area (Å²) < 4.78 is 0. The van der Waals surface area contributed by atoms with Gasteiger partial charge in [0, 0.05) is 18.3 Å². The standard InChI is InChI=1S/C15H17N3/c1-11(16)14-7-6-13(10-17-14)18-9-8-12-4-2-3-5-15(12)18/h2-7,10-11H,8-9,16H2,1H3/t11-/m0/s1. The summed E-state index contributed by atoms with van der Waals surface area (Å²) in [5.41, 5.74) is 10.6. The molecule has 2 aromatic rings. The molecule has 0 unspecified atom stereocenters. The van der Waals surface area contributed by atoms with Crippen molar-refractivity contribution in [3.05, 3.63) is 53.9 Å². The number of nitrogens with zero attached hydrogens (tertiary/aromatic N) is 2. The molecule has 3 heteroatoms. The van der Waals surface area contributed by atoms with Gasteiger partial charge in [-0.3, -0.25) is 4.98 Å². The lowest BCUT2D eigenvalue weighted by Crippen LogP contribution is -2.14. The molecule has 0 bridgehead atoms. The first-order valence-corrected chi connectivity index (χ1v) is 6.32. The third-order valence-electron chi connectivity index (χ3n) is 3.44. The van der Waals surface area contributed by atoms with Crippen LogP contribution >= 0.6 is 0 Å². The smallest absolute Gasteiger partial charge is 0.0597 e. The normalized spacial score (nSPS) is 15.6. The second kappa shape index (κ2) is 4.42. The van der Waals surface area contributed by atoms with Gasteiger partial charge in [-0.25, -0.2) is 0 Å². The first-order valence-electron chi connectivity index (χ1n) is 6.32. The van der Waals surface area contributed by atoms with E-state index in [2.05, 4.69) is 40.2 Å². The fourth-order valence-corrected chi connectivity index (χ4v) is 2.43. The molecule has 18 heavy (non-hydrogen) atoms. The maximum Gasteiger partial charge on any atom is 0.0597 e. The fraction of sp³-hybridized carbons (Fsp3) is 0.267. The molecule has 0 saturated heterocycles. The molecule has 0 saturated carbocycles. The van der Waals surface area contributed by atoms with E-state index in [9.17, 15) is 0 Å². The van der Waals surface area contributed by atoms with Crippen LogP contribution in [0.4, 0.5) is 11.4 Å². The lowest BCUT2D eigenvalue weighted by Gasteiger charge is -2.19. The van der Waals surface area contributed by atoms with Crippen molar-refractivity contribution in [1.29, 1.82) is 0 Å². The number of para-hydroxylation sites is 1. The van der Waals surface area contributed by atoms with E-state index in [4.69, 9.17) is 5.73 Å². The van der Waals surface area contributed by atoms with Gasteiger partial charge in [0.25, 0.3) is 0 Å². The molecule has 0 aliphatic carbocycles. The Balaban J connectivity index is 1.93. The van der Waals surface area contributed by atoms with Crippen molar-refractivity contribution in [2.24, 2.45) is 5.73 Å². The molecule has 3 rings (SSSR count). The van der Waals surface area contributed by atoms with Gasteiger partial charge in [-0.2, -0.15) is 0 Å². The van der Waals surface area contributed by atoms with Gasteiger partial charge in [0.05, 0.1) is 17.6 Å². The second-order valence-corrected chi connectivity index (χ2v) is 4.76. The molecule has 92 valence electrons. The number of rotatable bonds is 2. The van der Waals surface area contributed by atoms with Gasteiger partial charge >= 0.3 is 0 Å². The Labute approximate surface area is 107 Å². The zero-order valence-electron chi connectivity index (χ0n) is 10.5. The Bertz CT molecular complexity index is 546. The SMILES string of the molecule is C[C@H](N)c1ccc(N2CCc3ccccc32)cn1. The number of benzene rings is 1. The highest BCUT2D eigenvalue weighted by molar-refractivity contribution is 5.69. The molecule has 1 aromatic heterocycles. The van der Waals surface area contributed by atoms with E-state index in [1.165, 1.54) is 11.3 Å². The van der Waals surface area contributed by atoms with Crippen LogP contribution in [0, 0.1) is 0 Å². The topological polar surface area (TPSA) is 42.1 Å². The minimum absolute atomic E-state index is 0.00934. The number of fused-ring (bicyclic) bond motifs is 1. The number of aromatic nitrogens is 1. The third-order valence-corrected chi connectivity index (χ3v) is 3.44. The van der Waals surface area contributed by atoms with E-state index in [1.807, 2.05) is 19.2 Å². The van der Waals surface area contributed by atoms with Gasteiger partial charge in [-0.15, -0.1) is 0 Å². The minimum Gasteiger partial charge on any atom is -0.340 e. The van der Waals surface area contributed by atoms with Crippen LogP contribution in [-0.2, 0) is 6.42 Å². The quantitative estimate of drug-likeness (QED) is 0.876. The summed E-state index contributed by atoms with van der Waals surface area (Å²) in [5, 5.41) is 0. The van der Waals surface area contributed by atoms with Crippen LogP contribution in [0.25, 0.3) is 0 Å². The lowest BCUT2D eigenvalue weighted by molar-refractivity contribution is 0.780. The highest BCUT2D eigenvalue weighted by Crippen LogP contribution is 2.33. The van der Waals surface area contributed by atoms with Crippen molar-refractivity contribution in [3.8, 4) is 0 Å². The lowest BCUT2D eigenvalue weighted by atomic mass is 10.2. The Morgan fingerprint density at radius 1 is 1.22 bits per heavy atom. The van der Waals surface area contributed by atoms with E-state index in [0.717, 1.165) is 24.3 Å². The minimum atomic E-state index is -0.00934. The molecule has 0 radical (unpaired) electrons. The van der Waals surface area contributed by atoms with Crippen molar-refractivity contribution in [3.63, 3.8) is 0 Å². The van der Waals surface area contributed by atoms with E-state index in [0.29, 0.717) is 0 Å². The van der Waals surface area contributed by atoms with Gasteiger partial charge in [0.1, 0.15) is 0 Å². The van der Waals surface area contributed by atoms with Crippen LogP contribution in [-0.4, -0.2) is 11.5 Å². The first-order chi connectivity index (χ1) is 8.75. The van der Waals surface area contributed by atoms with Crippen LogP contribution in [0.3, 0.4) is 0 Å². The molecule has 1 aromatic carbocycles. The molecule has 0 amide bonds. The second-order valence-electron chi connectivity index (χ2n) is 4.76. The van der Waals surface area contributed by atoms with Gasteiger partial charge in [-0.05, 0) is 37.1 Å². The summed E-state index contributed by atoms with van der Waals surface area (Å²) in [6.45, 7) is 2.98. The highest BCUT2D eigenvalue weighted by atomic mass is 15.2. The largest absolute Gasteiger partial charge is 0.340 e. The summed E-state index contributed by atoms with van der Waals surface area (Å²) >= 11 is 0. The first kappa shape index (κ1) is 11.2. The zero-order valence-corrected chi connectivity index (χ0v) is 10.5. The van der Waals surface area contributed by atoms with Crippen LogP contribution in [0.15, 0.2) is 42.6 Å². The third kappa shape index (κ3) is 1.87. The molecule has 2 heterocycles. The van der Waals surface area contributed by atoms with Gasteiger partial charge in [0.2, 0.25) is 0 Å². The molecular weight excluding hydrogens is 222 g/mol. The molecule has 0 fully saturated rings. The number of hydrogen-bond acceptors (Lipinski definition) is 3. The number of pyridine rings is 1. The Hall–Kier alpha value is -1.87. The number of anilines is 2. The molecule has 2 N–H and O–H groups in total. The zero-order chi connectivity index (χ0) is 12.5. The van der Waals surface area contributed by atoms with Crippen molar-refractivity contribution in [2.75, 3.05) is 11.4 Å². The molecule has 1 atom stereocenters. The van der Waals surface area contributed by atoms with E-state index >= 15 is 0 Å². The number of hydrogen-bond donors (Lipinski definition) is 1. The average molecular weight is 239 g/mol. The van der Waals surface area contributed by atoms with E-state index in [-0.39, 0.29) is 6.04 Å². The Morgan fingerprint density at radius 3 is 2.78 bits per heavy atom. The van der Waals surface area contributed by atoms with Crippen molar-refractivity contribution in [2.45, 2.75) is 19.4 Å². The molecular formula is C15H17N3. The summed E-state index contributed by atoms with van der Waals surface area (Å²) in [4.78, 5) is 6.74. The van der Waals surface area contributed by atoms with Crippen LogP contribution in [0.5, 0.6) is 0 Å². The van der Waals surface area contributed by atoms with Crippen molar-refractivity contribution >= 4 is 11.4 Å². The monoisotopic (exact) mass is 239 g/mol. The molecule has 0 spiro atoms. The Kier molecular flexibility index (Phi) is 2.76. The van der Waals surface area contributed by atoms with Crippen LogP contribution in [0.1, 0.15) is 24.2 Å². The maximum absolute atomic E-state index is 5.82. The van der Waals surface area contributed by atoms with Gasteiger partial charge in [0.15, 0.2) is 0 Å². The predicted molar refractivity (Wildman–Crippen MR) is 74.0 cm³/mol. The fourth-order valence-electron chi connectivity index (χ4n) is 2.43. The summed E-state index contributed by atoms with van der Waals surface area (Å²) in [5.74, 6) is 0. The maximum atomic E-state index is 5.82. The van der Waals surface area contributed by atoms with Gasteiger partial charge < -0.3 is 10.6 Å². The summed E-state index contributed by atoms with van der Waals surface area (Å²) in [7, 11) is 0. The van der Waals surface area contributed by atoms with Crippen LogP contribution in [0.2, 0.25) is 0 Å². The van der Waals surface area contributed by atoms with E-state index < -0.39 is 0 Å². The van der Waals surface area contributed by atoms with Gasteiger partial charge in [-0.1, -0.05) is 18.2 Å². The molecule has 1 aliphatic rings.